The standard InChI is InChI=1S/C8H17NO3/c1-8(2,3)7(12)9-4-6(11)5-10/h6,10-11H,4-5H2,1-3H3,(H,9,12). The molecule has 12 heavy (non-hydrogen) atoms. The second-order valence-electron chi connectivity index (χ2n) is 3.80. The van der Waals surface area contributed by atoms with Gasteiger partial charge in [-0.2, -0.15) is 0 Å². The number of aliphatic hydroxyl groups is 2. The highest BCUT2D eigenvalue weighted by Crippen LogP contribution is 2.11. The lowest BCUT2D eigenvalue weighted by Gasteiger charge is -2.18. The van der Waals surface area contributed by atoms with Gasteiger partial charge in [0.25, 0.3) is 0 Å². The first-order chi connectivity index (χ1) is 5.38. The van der Waals surface area contributed by atoms with E-state index in [9.17, 15) is 4.79 Å². The zero-order valence-electron chi connectivity index (χ0n) is 7.79. The highest BCUT2D eigenvalue weighted by atomic mass is 16.3. The molecular weight excluding hydrogens is 158 g/mol. The van der Waals surface area contributed by atoms with Crippen LogP contribution in [0.3, 0.4) is 0 Å². The van der Waals surface area contributed by atoms with Crippen LogP contribution >= 0.6 is 0 Å². The maximum Gasteiger partial charge on any atom is 0.225 e. The molecular formula is C8H17NO3. The summed E-state index contributed by atoms with van der Waals surface area (Å²) in [6, 6.07) is 0. The lowest BCUT2D eigenvalue weighted by molar-refractivity contribution is -0.129. The zero-order valence-corrected chi connectivity index (χ0v) is 7.79. The highest BCUT2D eigenvalue weighted by Gasteiger charge is 2.21. The molecule has 0 fully saturated rings. The van der Waals surface area contributed by atoms with Gasteiger partial charge in [0, 0.05) is 12.0 Å². The molecule has 0 saturated carbocycles. The number of rotatable bonds is 3. The second kappa shape index (κ2) is 4.42. The van der Waals surface area contributed by atoms with Gasteiger partial charge >= 0.3 is 0 Å². The van der Waals surface area contributed by atoms with Gasteiger partial charge in [-0.05, 0) is 0 Å². The van der Waals surface area contributed by atoms with Crippen molar-refractivity contribution in [1.82, 2.24) is 5.32 Å². The fourth-order valence-corrected chi connectivity index (χ4v) is 0.540. The first kappa shape index (κ1) is 11.4. The predicted molar refractivity (Wildman–Crippen MR) is 45.6 cm³/mol. The number of hydrogen-bond donors (Lipinski definition) is 3. The molecule has 4 heteroatoms. The first-order valence-corrected chi connectivity index (χ1v) is 3.95. The van der Waals surface area contributed by atoms with E-state index < -0.39 is 11.5 Å². The summed E-state index contributed by atoms with van der Waals surface area (Å²) >= 11 is 0. The maximum atomic E-state index is 11.2. The molecule has 0 heterocycles. The molecule has 1 unspecified atom stereocenters. The summed E-state index contributed by atoms with van der Waals surface area (Å²) < 4.78 is 0. The minimum Gasteiger partial charge on any atom is -0.394 e. The van der Waals surface area contributed by atoms with E-state index in [2.05, 4.69) is 5.32 Å². The van der Waals surface area contributed by atoms with E-state index in [-0.39, 0.29) is 19.1 Å². The normalized spacial score (nSPS) is 14.1. The molecule has 0 saturated heterocycles. The molecule has 0 aliphatic rings. The van der Waals surface area contributed by atoms with E-state index >= 15 is 0 Å². The van der Waals surface area contributed by atoms with Crippen molar-refractivity contribution in [1.29, 1.82) is 0 Å². The van der Waals surface area contributed by atoms with Crippen molar-refractivity contribution in [2.45, 2.75) is 26.9 Å². The van der Waals surface area contributed by atoms with E-state index in [0.717, 1.165) is 0 Å². The van der Waals surface area contributed by atoms with Crippen LogP contribution < -0.4 is 5.32 Å². The molecule has 1 atom stereocenters. The van der Waals surface area contributed by atoms with E-state index in [1.165, 1.54) is 0 Å². The Hall–Kier alpha value is -0.610. The van der Waals surface area contributed by atoms with Crippen LogP contribution in [0.2, 0.25) is 0 Å². The number of carbonyl (C=O) groups excluding carboxylic acids is 1. The molecule has 0 aromatic carbocycles. The van der Waals surface area contributed by atoms with Gasteiger partial charge in [0.2, 0.25) is 5.91 Å². The third-order valence-electron chi connectivity index (χ3n) is 1.39. The third-order valence-corrected chi connectivity index (χ3v) is 1.39. The fraction of sp³-hybridized carbons (Fsp3) is 0.875. The molecule has 0 bridgehead atoms. The average molecular weight is 175 g/mol. The van der Waals surface area contributed by atoms with Crippen LogP contribution in [0.15, 0.2) is 0 Å². The molecule has 0 radical (unpaired) electrons. The number of nitrogens with one attached hydrogen (secondary N) is 1. The maximum absolute atomic E-state index is 11.2. The molecule has 0 aliphatic carbocycles. The van der Waals surface area contributed by atoms with Crippen molar-refractivity contribution in [3.63, 3.8) is 0 Å². The quantitative estimate of drug-likeness (QED) is 0.541. The van der Waals surface area contributed by atoms with Crippen LogP contribution in [0.1, 0.15) is 20.8 Å². The summed E-state index contributed by atoms with van der Waals surface area (Å²) in [5.41, 5.74) is -0.449. The minimum atomic E-state index is -0.865. The fourth-order valence-electron chi connectivity index (χ4n) is 0.540. The van der Waals surface area contributed by atoms with E-state index in [1.807, 2.05) is 0 Å². The van der Waals surface area contributed by atoms with Crippen LogP contribution in [-0.4, -0.2) is 35.4 Å². The molecule has 0 aromatic heterocycles. The molecule has 72 valence electrons. The summed E-state index contributed by atoms with van der Waals surface area (Å²) in [6.45, 7) is 5.13. The summed E-state index contributed by atoms with van der Waals surface area (Å²) in [4.78, 5) is 11.2. The van der Waals surface area contributed by atoms with Gasteiger partial charge in [0.05, 0.1) is 12.7 Å². The van der Waals surface area contributed by atoms with Crippen LogP contribution in [0, 0.1) is 5.41 Å². The van der Waals surface area contributed by atoms with Gasteiger partial charge in [-0.15, -0.1) is 0 Å². The summed E-state index contributed by atoms with van der Waals surface area (Å²) in [5.74, 6) is -0.130. The predicted octanol–water partition coefficient (Wildman–Crippen LogP) is -0.498. The number of amides is 1. The van der Waals surface area contributed by atoms with Crippen molar-refractivity contribution >= 4 is 5.91 Å². The smallest absolute Gasteiger partial charge is 0.225 e. The number of carbonyl (C=O) groups is 1. The Morgan fingerprint density at radius 1 is 1.50 bits per heavy atom. The Bertz CT molecular complexity index is 151. The van der Waals surface area contributed by atoms with Crippen LogP contribution in [0.25, 0.3) is 0 Å². The Kier molecular flexibility index (Phi) is 4.20. The SMILES string of the molecule is CC(C)(C)C(=O)NCC(O)CO. The third kappa shape index (κ3) is 4.31. The van der Waals surface area contributed by atoms with Gasteiger partial charge < -0.3 is 15.5 Å². The van der Waals surface area contributed by atoms with Gasteiger partial charge in [-0.3, -0.25) is 4.79 Å². The lowest BCUT2D eigenvalue weighted by Crippen LogP contribution is -2.40. The average Bonchev–Trinajstić information content (AvgIpc) is 1.97. The Balaban J connectivity index is 3.73. The van der Waals surface area contributed by atoms with Gasteiger partial charge in [-0.25, -0.2) is 0 Å². The summed E-state index contributed by atoms with van der Waals surface area (Å²) in [5, 5.41) is 19.9. The highest BCUT2D eigenvalue weighted by molar-refractivity contribution is 5.81. The molecule has 0 rings (SSSR count). The second-order valence-corrected chi connectivity index (χ2v) is 3.80. The largest absolute Gasteiger partial charge is 0.394 e. The minimum absolute atomic E-state index is 0.104. The molecule has 0 aromatic rings. The Morgan fingerprint density at radius 3 is 2.33 bits per heavy atom. The van der Waals surface area contributed by atoms with Crippen molar-refractivity contribution < 1.29 is 15.0 Å². The van der Waals surface area contributed by atoms with Gasteiger partial charge in [0.1, 0.15) is 0 Å². The van der Waals surface area contributed by atoms with E-state index in [0.29, 0.717) is 0 Å². The van der Waals surface area contributed by atoms with Gasteiger partial charge in [-0.1, -0.05) is 20.8 Å². The van der Waals surface area contributed by atoms with Crippen molar-refractivity contribution in [2.75, 3.05) is 13.2 Å². The van der Waals surface area contributed by atoms with Crippen LogP contribution in [-0.2, 0) is 4.79 Å². The summed E-state index contributed by atoms with van der Waals surface area (Å²) in [7, 11) is 0. The number of hydrogen-bond acceptors (Lipinski definition) is 3. The lowest BCUT2D eigenvalue weighted by atomic mass is 9.96. The van der Waals surface area contributed by atoms with Crippen molar-refractivity contribution in [3.05, 3.63) is 0 Å². The first-order valence-electron chi connectivity index (χ1n) is 3.95. The van der Waals surface area contributed by atoms with Crippen molar-refractivity contribution in [3.8, 4) is 0 Å². The summed E-state index contributed by atoms with van der Waals surface area (Å²) in [6.07, 6.45) is -0.865. The zero-order chi connectivity index (χ0) is 9.78. The van der Waals surface area contributed by atoms with E-state index in [4.69, 9.17) is 10.2 Å². The monoisotopic (exact) mass is 175 g/mol. The molecule has 1 amide bonds. The molecule has 3 N–H and O–H groups in total. The number of aliphatic hydroxyl groups excluding tert-OH is 2. The van der Waals surface area contributed by atoms with Crippen LogP contribution in [0.4, 0.5) is 0 Å². The molecule has 0 spiro atoms. The Labute approximate surface area is 72.6 Å². The van der Waals surface area contributed by atoms with Crippen LogP contribution in [0.5, 0.6) is 0 Å². The van der Waals surface area contributed by atoms with Gasteiger partial charge in [0.15, 0.2) is 0 Å². The molecule has 0 aliphatic heterocycles. The topological polar surface area (TPSA) is 69.6 Å². The molecule has 4 nitrogen and oxygen atoms in total. The van der Waals surface area contributed by atoms with E-state index in [1.54, 1.807) is 20.8 Å². The van der Waals surface area contributed by atoms with Crippen molar-refractivity contribution in [2.24, 2.45) is 5.41 Å². The Morgan fingerprint density at radius 2 is 2.00 bits per heavy atom.